The van der Waals surface area contributed by atoms with Crippen LogP contribution in [-0.2, 0) is 4.79 Å². The van der Waals surface area contributed by atoms with Crippen LogP contribution in [0.1, 0.15) is 23.2 Å². The van der Waals surface area contributed by atoms with Crippen LogP contribution in [0, 0.1) is 5.82 Å². The Bertz CT molecular complexity index is 437. The molecule has 92 valence electrons. The first-order valence-corrected chi connectivity index (χ1v) is 5.75. The minimum Gasteiger partial charge on any atom is -0.481 e. The van der Waals surface area contributed by atoms with Gasteiger partial charge in [0.2, 0.25) is 0 Å². The lowest BCUT2D eigenvalue weighted by molar-refractivity contribution is -0.137. The molecule has 0 aliphatic rings. The predicted octanol–water partition coefficient (Wildman–Crippen LogP) is 2.18. The van der Waals surface area contributed by atoms with Gasteiger partial charge in [-0.15, -0.1) is 0 Å². The molecule has 0 spiro atoms. The van der Waals surface area contributed by atoms with E-state index in [0.29, 0.717) is 10.9 Å². The summed E-state index contributed by atoms with van der Waals surface area (Å²) in [5.74, 6) is -1.83. The molecule has 0 bridgehead atoms. The van der Waals surface area contributed by atoms with Gasteiger partial charge in [0.15, 0.2) is 0 Å². The van der Waals surface area contributed by atoms with Crippen LogP contribution < -0.4 is 5.32 Å². The number of nitrogens with one attached hydrogen (secondary N) is 1. The Balaban J connectivity index is 2.47. The van der Waals surface area contributed by atoms with Crippen molar-refractivity contribution in [3.63, 3.8) is 0 Å². The van der Waals surface area contributed by atoms with Gasteiger partial charge in [0.05, 0.1) is 4.47 Å². The summed E-state index contributed by atoms with van der Waals surface area (Å²) in [7, 11) is 0. The van der Waals surface area contributed by atoms with Crippen LogP contribution in [0.5, 0.6) is 0 Å². The average molecular weight is 304 g/mol. The molecule has 2 N–H and O–H groups in total. The molecule has 0 heterocycles. The number of halogens is 2. The minimum absolute atomic E-state index is 0.00498. The van der Waals surface area contributed by atoms with Gasteiger partial charge in [-0.3, -0.25) is 9.59 Å². The van der Waals surface area contributed by atoms with Gasteiger partial charge in [0.1, 0.15) is 5.82 Å². The molecule has 0 aromatic heterocycles. The summed E-state index contributed by atoms with van der Waals surface area (Å²) in [5, 5.41) is 10.9. The molecule has 1 aromatic rings. The largest absolute Gasteiger partial charge is 0.481 e. The Hall–Kier alpha value is -1.43. The molecule has 0 radical (unpaired) electrons. The molecule has 0 aliphatic heterocycles. The fraction of sp³-hybridized carbons (Fsp3) is 0.273. The number of amides is 1. The Morgan fingerprint density at radius 3 is 2.71 bits per heavy atom. The second kappa shape index (κ2) is 6.34. The highest BCUT2D eigenvalue weighted by Crippen LogP contribution is 2.16. The summed E-state index contributed by atoms with van der Waals surface area (Å²) in [5.41, 5.74) is 0.209. The third-order valence-corrected chi connectivity index (χ3v) is 2.68. The van der Waals surface area contributed by atoms with Crippen molar-refractivity contribution in [2.24, 2.45) is 0 Å². The fourth-order valence-corrected chi connectivity index (χ4v) is 1.43. The lowest BCUT2D eigenvalue weighted by Gasteiger charge is -2.04. The van der Waals surface area contributed by atoms with E-state index in [1.807, 2.05) is 0 Å². The maximum absolute atomic E-state index is 13.1. The first-order valence-electron chi connectivity index (χ1n) is 4.95. The number of benzene rings is 1. The molecule has 0 saturated heterocycles. The van der Waals surface area contributed by atoms with E-state index in [2.05, 4.69) is 21.2 Å². The van der Waals surface area contributed by atoms with E-state index < -0.39 is 17.7 Å². The minimum atomic E-state index is -0.908. The predicted molar refractivity (Wildman–Crippen MR) is 63.3 cm³/mol. The molecule has 1 aromatic carbocycles. The van der Waals surface area contributed by atoms with Gasteiger partial charge in [-0.1, -0.05) is 0 Å². The van der Waals surface area contributed by atoms with Crippen molar-refractivity contribution in [1.82, 2.24) is 5.32 Å². The zero-order valence-electron chi connectivity index (χ0n) is 8.87. The lowest BCUT2D eigenvalue weighted by atomic mass is 10.2. The van der Waals surface area contributed by atoms with Gasteiger partial charge >= 0.3 is 5.97 Å². The third-order valence-electron chi connectivity index (χ3n) is 2.03. The number of aliphatic carboxylic acids is 1. The van der Waals surface area contributed by atoms with E-state index in [9.17, 15) is 14.0 Å². The van der Waals surface area contributed by atoms with Crippen LogP contribution in [0.3, 0.4) is 0 Å². The second-order valence-electron chi connectivity index (χ2n) is 3.38. The molecule has 6 heteroatoms. The highest BCUT2D eigenvalue weighted by Gasteiger charge is 2.08. The van der Waals surface area contributed by atoms with Crippen LogP contribution in [-0.4, -0.2) is 23.5 Å². The number of rotatable bonds is 5. The van der Waals surface area contributed by atoms with Crippen molar-refractivity contribution in [1.29, 1.82) is 0 Å². The van der Waals surface area contributed by atoms with Crippen LogP contribution in [0.15, 0.2) is 22.7 Å². The summed E-state index contributed by atoms with van der Waals surface area (Å²) >= 11 is 2.99. The molecule has 0 unspecified atom stereocenters. The summed E-state index contributed by atoms with van der Waals surface area (Å²) in [6.45, 7) is 0.253. The lowest BCUT2D eigenvalue weighted by Crippen LogP contribution is -2.24. The molecule has 4 nitrogen and oxygen atoms in total. The van der Waals surface area contributed by atoms with Crippen molar-refractivity contribution in [2.45, 2.75) is 12.8 Å². The number of carbonyl (C=O) groups is 2. The number of carbonyl (C=O) groups excluding carboxylic acids is 1. The quantitative estimate of drug-likeness (QED) is 0.819. The van der Waals surface area contributed by atoms with Crippen molar-refractivity contribution >= 4 is 27.8 Å². The molecular weight excluding hydrogens is 293 g/mol. The van der Waals surface area contributed by atoms with Crippen molar-refractivity contribution in [2.75, 3.05) is 6.54 Å². The highest BCUT2D eigenvalue weighted by atomic mass is 79.9. The van der Waals surface area contributed by atoms with E-state index in [1.54, 1.807) is 0 Å². The van der Waals surface area contributed by atoms with Gasteiger partial charge in [-0.2, -0.15) is 0 Å². The molecular formula is C11H11BrFNO3. The van der Waals surface area contributed by atoms with Crippen molar-refractivity contribution in [3.8, 4) is 0 Å². The van der Waals surface area contributed by atoms with E-state index in [0.717, 1.165) is 6.07 Å². The topological polar surface area (TPSA) is 66.4 Å². The van der Waals surface area contributed by atoms with Gasteiger partial charge in [-0.25, -0.2) is 4.39 Å². The van der Waals surface area contributed by atoms with Gasteiger partial charge < -0.3 is 10.4 Å². The molecule has 0 saturated carbocycles. The number of carboxylic acid groups (broad SMARTS) is 1. The molecule has 17 heavy (non-hydrogen) atoms. The van der Waals surface area contributed by atoms with Gasteiger partial charge in [0.25, 0.3) is 5.91 Å². The summed E-state index contributed by atoms with van der Waals surface area (Å²) in [6, 6.07) is 4.05. The van der Waals surface area contributed by atoms with E-state index >= 15 is 0 Å². The maximum atomic E-state index is 13.1. The summed E-state index contributed by atoms with van der Waals surface area (Å²) in [4.78, 5) is 21.7. The third kappa shape index (κ3) is 4.52. The smallest absolute Gasteiger partial charge is 0.303 e. The Morgan fingerprint density at radius 2 is 2.12 bits per heavy atom. The Labute approximate surface area is 106 Å². The molecule has 0 atom stereocenters. The van der Waals surface area contributed by atoms with Crippen LogP contribution >= 0.6 is 15.9 Å². The first kappa shape index (κ1) is 13.6. The number of hydrogen-bond acceptors (Lipinski definition) is 2. The zero-order valence-corrected chi connectivity index (χ0v) is 10.5. The monoisotopic (exact) mass is 303 g/mol. The van der Waals surface area contributed by atoms with Gasteiger partial charge in [-0.05, 0) is 40.5 Å². The Morgan fingerprint density at radius 1 is 1.41 bits per heavy atom. The van der Waals surface area contributed by atoms with E-state index in [1.165, 1.54) is 12.1 Å². The average Bonchev–Trinajstić information content (AvgIpc) is 2.27. The normalized spacial score (nSPS) is 10.0. The second-order valence-corrected chi connectivity index (χ2v) is 4.24. The summed E-state index contributed by atoms with van der Waals surface area (Å²) < 4.78 is 13.4. The molecule has 1 amide bonds. The SMILES string of the molecule is O=C(O)CCCNC(=O)c1ccc(Br)c(F)c1. The fourth-order valence-electron chi connectivity index (χ4n) is 1.18. The molecule has 1 rings (SSSR count). The highest BCUT2D eigenvalue weighted by molar-refractivity contribution is 9.10. The van der Waals surface area contributed by atoms with Crippen LogP contribution in [0.2, 0.25) is 0 Å². The van der Waals surface area contributed by atoms with Crippen molar-refractivity contribution in [3.05, 3.63) is 34.1 Å². The Kier molecular flexibility index (Phi) is 5.09. The number of carboxylic acids is 1. The maximum Gasteiger partial charge on any atom is 0.303 e. The van der Waals surface area contributed by atoms with E-state index in [-0.39, 0.29) is 18.5 Å². The molecule has 0 aliphatic carbocycles. The number of hydrogen-bond donors (Lipinski definition) is 2. The van der Waals surface area contributed by atoms with Crippen molar-refractivity contribution < 1.29 is 19.1 Å². The van der Waals surface area contributed by atoms with Crippen LogP contribution in [0.25, 0.3) is 0 Å². The van der Waals surface area contributed by atoms with E-state index in [4.69, 9.17) is 5.11 Å². The van der Waals surface area contributed by atoms with Crippen LogP contribution in [0.4, 0.5) is 4.39 Å². The first-order chi connectivity index (χ1) is 8.00. The summed E-state index contributed by atoms with van der Waals surface area (Å²) in [6.07, 6.45) is 0.342. The zero-order chi connectivity index (χ0) is 12.8. The van der Waals surface area contributed by atoms with Gasteiger partial charge in [0, 0.05) is 18.5 Å². The standard InChI is InChI=1S/C11H11BrFNO3/c12-8-4-3-7(6-9(8)13)11(17)14-5-1-2-10(15)16/h3-4,6H,1-2,5H2,(H,14,17)(H,15,16). The molecule has 0 fully saturated rings.